The predicted octanol–water partition coefficient (Wildman–Crippen LogP) is 4.65. The highest BCUT2D eigenvalue weighted by Gasteiger charge is 2.14. The second-order valence-electron chi connectivity index (χ2n) is 5.23. The van der Waals surface area contributed by atoms with E-state index in [0.29, 0.717) is 28.0 Å². The van der Waals surface area contributed by atoms with Crippen LogP contribution in [-0.2, 0) is 16.6 Å². The molecule has 1 N–H and O–H groups in total. The first-order chi connectivity index (χ1) is 11.4. The Morgan fingerprint density at radius 1 is 1.08 bits per heavy atom. The number of sulfonamides is 1. The number of unbranched alkanes of at least 4 members (excludes halogenated alkanes) is 1. The molecule has 0 heterocycles. The molecule has 0 aliphatic heterocycles. The van der Waals surface area contributed by atoms with Gasteiger partial charge in [0.15, 0.2) is 0 Å². The molecule has 4 nitrogen and oxygen atoms in total. The van der Waals surface area contributed by atoms with Crippen LogP contribution < -0.4 is 9.46 Å². The van der Waals surface area contributed by atoms with Crippen LogP contribution in [0.1, 0.15) is 25.3 Å². The molecule has 0 saturated heterocycles. The first-order valence-electron chi connectivity index (χ1n) is 7.59. The summed E-state index contributed by atoms with van der Waals surface area (Å²) >= 11 is 11.9. The number of halogens is 2. The van der Waals surface area contributed by atoms with Crippen LogP contribution in [0.5, 0.6) is 5.75 Å². The normalized spacial score (nSPS) is 11.5. The average Bonchev–Trinajstić information content (AvgIpc) is 2.55. The van der Waals surface area contributed by atoms with Crippen LogP contribution in [0.3, 0.4) is 0 Å². The molecule has 2 rings (SSSR count). The summed E-state index contributed by atoms with van der Waals surface area (Å²) < 4.78 is 32.7. The first-order valence-corrected chi connectivity index (χ1v) is 9.83. The summed E-state index contributed by atoms with van der Waals surface area (Å²) in [5.74, 6) is 0.656. The van der Waals surface area contributed by atoms with E-state index in [-0.39, 0.29) is 11.4 Å². The van der Waals surface area contributed by atoms with Gasteiger partial charge in [-0.05, 0) is 48.4 Å². The Morgan fingerprint density at radius 2 is 1.79 bits per heavy atom. The van der Waals surface area contributed by atoms with Gasteiger partial charge in [0.2, 0.25) is 10.0 Å². The van der Waals surface area contributed by atoms with Crippen LogP contribution in [0.15, 0.2) is 47.4 Å². The fourth-order valence-electron chi connectivity index (χ4n) is 1.97. The lowest BCUT2D eigenvalue weighted by Gasteiger charge is -2.10. The van der Waals surface area contributed by atoms with Gasteiger partial charge in [-0.15, -0.1) is 0 Å². The average molecular weight is 388 g/mol. The maximum atomic E-state index is 12.3. The van der Waals surface area contributed by atoms with Crippen molar-refractivity contribution in [2.45, 2.75) is 31.2 Å². The van der Waals surface area contributed by atoms with E-state index in [1.165, 1.54) is 12.1 Å². The van der Waals surface area contributed by atoms with E-state index in [1.807, 2.05) is 0 Å². The summed E-state index contributed by atoms with van der Waals surface area (Å²) in [4.78, 5) is 0.176. The molecule has 2 aromatic carbocycles. The number of nitrogens with one attached hydrogen (secondary N) is 1. The highest BCUT2D eigenvalue weighted by Crippen LogP contribution is 2.22. The minimum absolute atomic E-state index is 0.0904. The molecule has 0 aliphatic rings. The van der Waals surface area contributed by atoms with Crippen molar-refractivity contribution in [1.29, 1.82) is 0 Å². The van der Waals surface area contributed by atoms with Crippen LogP contribution in [0.2, 0.25) is 10.0 Å². The topological polar surface area (TPSA) is 55.4 Å². The summed E-state index contributed by atoms with van der Waals surface area (Å²) in [5.41, 5.74) is 0.657. The van der Waals surface area contributed by atoms with Gasteiger partial charge in [-0.3, -0.25) is 0 Å². The zero-order valence-electron chi connectivity index (χ0n) is 13.3. The molecule has 0 amide bonds. The fourth-order valence-corrected chi connectivity index (χ4v) is 3.45. The second-order valence-corrected chi connectivity index (χ2v) is 7.84. The van der Waals surface area contributed by atoms with Gasteiger partial charge in [0.1, 0.15) is 5.75 Å². The first kappa shape index (κ1) is 19.1. The summed E-state index contributed by atoms with van der Waals surface area (Å²) in [7, 11) is -3.62. The van der Waals surface area contributed by atoms with Crippen molar-refractivity contribution in [2.75, 3.05) is 6.61 Å². The van der Waals surface area contributed by atoms with E-state index < -0.39 is 10.0 Å². The lowest BCUT2D eigenvalue weighted by Crippen LogP contribution is -2.23. The van der Waals surface area contributed by atoms with E-state index in [4.69, 9.17) is 27.9 Å². The van der Waals surface area contributed by atoms with E-state index >= 15 is 0 Å². The van der Waals surface area contributed by atoms with Crippen LogP contribution >= 0.6 is 23.2 Å². The fraction of sp³-hybridized carbons (Fsp3) is 0.294. The van der Waals surface area contributed by atoms with E-state index in [9.17, 15) is 8.42 Å². The van der Waals surface area contributed by atoms with Crippen molar-refractivity contribution >= 4 is 33.2 Å². The Labute approximate surface area is 152 Å². The third-order valence-corrected chi connectivity index (χ3v) is 5.37. The smallest absolute Gasteiger partial charge is 0.240 e. The third-order valence-electron chi connectivity index (χ3n) is 3.37. The van der Waals surface area contributed by atoms with Crippen molar-refractivity contribution in [1.82, 2.24) is 4.72 Å². The Hall–Kier alpha value is -1.27. The highest BCUT2D eigenvalue weighted by molar-refractivity contribution is 7.89. The summed E-state index contributed by atoms with van der Waals surface area (Å²) in [5, 5.41) is 0.926. The summed E-state index contributed by atoms with van der Waals surface area (Å²) in [6, 6.07) is 11.3. The van der Waals surface area contributed by atoms with Gasteiger partial charge in [-0.25, -0.2) is 13.1 Å². The van der Waals surface area contributed by atoms with Crippen molar-refractivity contribution < 1.29 is 13.2 Å². The largest absolute Gasteiger partial charge is 0.494 e. The molecule has 2 aromatic rings. The van der Waals surface area contributed by atoms with Crippen molar-refractivity contribution in [2.24, 2.45) is 0 Å². The second kappa shape index (κ2) is 8.72. The molecule has 0 aromatic heterocycles. The quantitative estimate of drug-likeness (QED) is 0.670. The van der Waals surface area contributed by atoms with Gasteiger partial charge in [-0.1, -0.05) is 42.6 Å². The zero-order valence-corrected chi connectivity index (χ0v) is 15.6. The molecule has 0 saturated carbocycles. The maximum Gasteiger partial charge on any atom is 0.240 e. The maximum absolute atomic E-state index is 12.3. The standard InChI is InChI=1S/C17H19Cl2NO3S/c1-2-3-10-23-15-6-8-16(9-7-15)24(21,22)20-12-13-4-5-14(18)11-17(13)19/h4-9,11,20H,2-3,10,12H2,1H3. The number of rotatable bonds is 8. The van der Waals surface area contributed by atoms with Crippen molar-refractivity contribution in [3.63, 3.8) is 0 Å². The van der Waals surface area contributed by atoms with E-state index in [1.54, 1.807) is 30.3 Å². The number of benzene rings is 2. The molecule has 24 heavy (non-hydrogen) atoms. The van der Waals surface area contributed by atoms with Crippen LogP contribution in [0, 0.1) is 0 Å². The molecule has 130 valence electrons. The number of ether oxygens (including phenoxy) is 1. The highest BCUT2D eigenvalue weighted by atomic mass is 35.5. The Morgan fingerprint density at radius 3 is 2.42 bits per heavy atom. The van der Waals surface area contributed by atoms with Crippen LogP contribution in [-0.4, -0.2) is 15.0 Å². The molecular formula is C17H19Cl2NO3S. The zero-order chi connectivity index (χ0) is 17.6. The molecule has 0 aliphatic carbocycles. The van der Waals surface area contributed by atoms with Crippen molar-refractivity contribution in [3.05, 3.63) is 58.1 Å². The molecule has 0 fully saturated rings. The van der Waals surface area contributed by atoms with Gasteiger partial charge < -0.3 is 4.74 Å². The van der Waals surface area contributed by atoms with Crippen molar-refractivity contribution in [3.8, 4) is 5.75 Å². The minimum Gasteiger partial charge on any atom is -0.494 e. The van der Waals surface area contributed by atoms with Gasteiger partial charge >= 0.3 is 0 Å². The van der Waals surface area contributed by atoms with E-state index in [2.05, 4.69) is 11.6 Å². The monoisotopic (exact) mass is 387 g/mol. The minimum atomic E-state index is -3.62. The molecule has 0 unspecified atom stereocenters. The summed E-state index contributed by atoms with van der Waals surface area (Å²) in [6.07, 6.45) is 2.01. The predicted molar refractivity (Wildman–Crippen MR) is 97.3 cm³/mol. The number of hydrogen-bond acceptors (Lipinski definition) is 3. The van der Waals surface area contributed by atoms with Gasteiger partial charge in [0, 0.05) is 16.6 Å². The van der Waals surface area contributed by atoms with Gasteiger partial charge in [0.05, 0.1) is 11.5 Å². The molecule has 0 spiro atoms. The lowest BCUT2D eigenvalue weighted by atomic mass is 10.2. The molecule has 7 heteroatoms. The number of hydrogen-bond donors (Lipinski definition) is 1. The van der Waals surface area contributed by atoms with Gasteiger partial charge in [-0.2, -0.15) is 0 Å². The molecular weight excluding hydrogens is 369 g/mol. The molecule has 0 radical (unpaired) electrons. The Balaban J connectivity index is 2.01. The summed E-state index contributed by atoms with van der Waals surface area (Å²) in [6.45, 7) is 2.79. The SMILES string of the molecule is CCCCOc1ccc(S(=O)(=O)NCc2ccc(Cl)cc2Cl)cc1. The molecule has 0 bridgehead atoms. The Kier molecular flexibility index (Phi) is 6.92. The van der Waals surface area contributed by atoms with Crippen LogP contribution in [0.4, 0.5) is 0 Å². The molecule has 0 atom stereocenters. The van der Waals surface area contributed by atoms with Crippen LogP contribution in [0.25, 0.3) is 0 Å². The van der Waals surface area contributed by atoms with Gasteiger partial charge in [0.25, 0.3) is 0 Å². The lowest BCUT2D eigenvalue weighted by molar-refractivity contribution is 0.309. The Bertz CT molecular complexity index is 777. The van der Waals surface area contributed by atoms with E-state index in [0.717, 1.165) is 12.8 Å². The third kappa shape index (κ3) is 5.38.